The first-order chi connectivity index (χ1) is 12.3. The molecule has 12 heteroatoms. The monoisotopic (exact) mass is 388 g/mol. The van der Waals surface area contributed by atoms with Gasteiger partial charge in [0, 0.05) is 0 Å². The van der Waals surface area contributed by atoms with Crippen LogP contribution in [0.2, 0.25) is 0 Å². The summed E-state index contributed by atoms with van der Waals surface area (Å²) in [7, 11) is 0. The van der Waals surface area contributed by atoms with Crippen molar-refractivity contribution in [3.8, 4) is 0 Å². The van der Waals surface area contributed by atoms with E-state index >= 15 is 0 Å². The fourth-order valence-corrected chi connectivity index (χ4v) is 2.83. The lowest BCUT2D eigenvalue weighted by atomic mass is 9.97. The van der Waals surface area contributed by atoms with Crippen LogP contribution >= 0.6 is 0 Å². The number of rotatable bonds is 7. The van der Waals surface area contributed by atoms with E-state index in [9.17, 15) is 40.1 Å². The molecule has 0 bridgehead atoms. The minimum atomic E-state index is -1.76. The Morgan fingerprint density at radius 3 is 1.81 bits per heavy atom. The summed E-state index contributed by atoms with van der Waals surface area (Å²) >= 11 is 0. The van der Waals surface area contributed by atoms with Crippen LogP contribution in [0.1, 0.15) is 0 Å². The number of alkyl halides is 1. The lowest BCUT2D eigenvalue weighted by molar-refractivity contribution is -0.367. The average Bonchev–Trinajstić information content (AvgIpc) is 2.64. The molecule has 2 saturated heterocycles. The van der Waals surface area contributed by atoms with Gasteiger partial charge in [-0.2, -0.15) is 0 Å². The molecule has 0 aromatic heterocycles. The van der Waals surface area contributed by atoms with Gasteiger partial charge in [0.2, 0.25) is 0 Å². The van der Waals surface area contributed by atoms with E-state index in [4.69, 9.17) is 18.9 Å². The van der Waals surface area contributed by atoms with E-state index < -0.39 is 87.9 Å². The van der Waals surface area contributed by atoms with Crippen LogP contribution in [0.3, 0.4) is 0 Å². The fourth-order valence-electron chi connectivity index (χ4n) is 2.83. The number of hydrogen-bond donors (Lipinski definition) is 7. The lowest BCUT2D eigenvalue weighted by Crippen LogP contribution is -2.64. The van der Waals surface area contributed by atoms with Gasteiger partial charge in [-0.05, 0) is 0 Å². The molecule has 26 heavy (non-hydrogen) atoms. The zero-order chi connectivity index (χ0) is 19.4. The van der Waals surface area contributed by atoms with Crippen LogP contribution in [-0.4, -0.2) is 124 Å². The molecular weight excluding hydrogens is 363 g/mol. The smallest absolute Gasteiger partial charge is 0.187 e. The van der Waals surface area contributed by atoms with Gasteiger partial charge >= 0.3 is 0 Å². The van der Waals surface area contributed by atoms with E-state index in [1.165, 1.54) is 0 Å². The van der Waals surface area contributed by atoms with Gasteiger partial charge in [-0.1, -0.05) is 0 Å². The van der Waals surface area contributed by atoms with Crippen LogP contribution in [0.5, 0.6) is 0 Å². The summed E-state index contributed by atoms with van der Waals surface area (Å²) in [6.45, 7) is -2.65. The predicted molar refractivity (Wildman–Crippen MR) is 78.3 cm³/mol. The quantitative estimate of drug-likeness (QED) is 0.224. The third kappa shape index (κ3) is 4.48. The van der Waals surface area contributed by atoms with Gasteiger partial charge in [0.1, 0.15) is 55.5 Å². The molecule has 2 aliphatic heterocycles. The Kier molecular flexibility index (Phi) is 8.06. The second kappa shape index (κ2) is 9.61. The van der Waals surface area contributed by atoms with Crippen molar-refractivity contribution in [3.05, 3.63) is 0 Å². The van der Waals surface area contributed by atoms with Crippen LogP contribution in [-0.2, 0) is 18.9 Å². The molecule has 0 aromatic carbocycles. The Morgan fingerprint density at radius 2 is 1.27 bits per heavy atom. The van der Waals surface area contributed by atoms with Gasteiger partial charge in [0.05, 0.1) is 19.8 Å². The Bertz CT molecular complexity index is 428. The molecule has 0 aromatic rings. The molecule has 154 valence electrons. The van der Waals surface area contributed by atoms with E-state index in [0.29, 0.717) is 0 Å². The van der Waals surface area contributed by atoms with E-state index in [1.54, 1.807) is 0 Å². The highest BCUT2D eigenvalue weighted by molar-refractivity contribution is 4.93. The maximum atomic E-state index is 12.4. The van der Waals surface area contributed by atoms with E-state index in [0.717, 1.165) is 0 Å². The molecule has 10 unspecified atom stereocenters. The van der Waals surface area contributed by atoms with Gasteiger partial charge in [-0.15, -0.1) is 0 Å². The predicted octanol–water partition coefficient (Wildman–Crippen LogP) is -4.40. The molecular formula is C14H25FO11. The van der Waals surface area contributed by atoms with E-state index in [1.807, 2.05) is 0 Å². The lowest BCUT2D eigenvalue weighted by Gasteiger charge is -2.45. The molecule has 7 N–H and O–H groups in total. The third-order valence-corrected chi connectivity index (χ3v) is 4.32. The van der Waals surface area contributed by atoms with Crippen molar-refractivity contribution in [2.75, 3.05) is 26.5 Å². The highest BCUT2D eigenvalue weighted by Gasteiger charge is 2.50. The van der Waals surface area contributed by atoms with Gasteiger partial charge in [-0.3, -0.25) is 0 Å². The zero-order valence-electron chi connectivity index (χ0n) is 13.7. The molecule has 2 heterocycles. The van der Waals surface area contributed by atoms with Crippen molar-refractivity contribution in [2.45, 2.75) is 61.4 Å². The highest BCUT2D eigenvalue weighted by atomic mass is 19.1. The van der Waals surface area contributed by atoms with Crippen LogP contribution in [0.15, 0.2) is 0 Å². The maximum absolute atomic E-state index is 12.4. The summed E-state index contributed by atoms with van der Waals surface area (Å²) < 4.78 is 33.2. The molecule has 10 atom stereocenters. The SMILES string of the molecule is OCC1OC(OC2C(OCCF)OC(CO)C(O)C2O)C(O)C(O)C1O. The topological polar surface area (TPSA) is 179 Å². The molecule has 0 aliphatic carbocycles. The Balaban J connectivity index is 2.14. The second-order valence-electron chi connectivity index (χ2n) is 6.06. The summed E-state index contributed by atoms with van der Waals surface area (Å²) in [4.78, 5) is 0. The maximum Gasteiger partial charge on any atom is 0.187 e. The zero-order valence-corrected chi connectivity index (χ0v) is 13.7. The van der Waals surface area contributed by atoms with E-state index in [-0.39, 0.29) is 0 Å². The second-order valence-corrected chi connectivity index (χ2v) is 6.06. The normalized spacial score (nSPS) is 47.1. The first-order valence-corrected chi connectivity index (χ1v) is 8.11. The minimum Gasteiger partial charge on any atom is -0.394 e. The summed E-state index contributed by atoms with van der Waals surface area (Å²) in [5.74, 6) is 0. The van der Waals surface area contributed by atoms with Crippen molar-refractivity contribution >= 4 is 0 Å². The third-order valence-electron chi connectivity index (χ3n) is 4.32. The molecule has 0 amide bonds. The van der Waals surface area contributed by atoms with Crippen LogP contribution in [0.25, 0.3) is 0 Å². The first-order valence-electron chi connectivity index (χ1n) is 8.11. The van der Waals surface area contributed by atoms with Crippen molar-refractivity contribution < 1.29 is 59.1 Å². The number of aliphatic hydroxyl groups excluding tert-OH is 7. The van der Waals surface area contributed by atoms with Crippen LogP contribution < -0.4 is 0 Å². The minimum absolute atomic E-state index is 0.430. The number of halogens is 1. The molecule has 11 nitrogen and oxygen atoms in total. The highest BCUT2D eigenvalue weighted by Crippen LogP contribution is 2.29. The van der Waals surface area contributed by atoms with Gasteiger partial charge in [0.15, 0.2) is 12.6 Å². The Morgan fingerprint density at radius 1 is 0.731 bits per heavy atom. The summed E-state index contributed by atoms with van der Waals surface area (Å²) in [6.07, 6.45) is -15.3. The van der Waals surface area contributed by atoms with Crippen molar-refractivity contribution in [1.82, 2.24) is 0 Å². The largest absolute Gasteiger partial charge is 0.394 e. The summed E-state index contributed by atoms with van der Waals surface area (Å²) in [5, 5.41) is 68.1. The van der Waals surface area contributed by atoms with Crippen molar-refractivity contribution in [1.29, 1.82) is 0 Å². The average molecular weight is 388 g/mol. The molecule has 0 radical (unpaired) electrons. The van der Waals surface area contributed by atoms with Gasteiger partial charge in [-0.25, -0.2) is 4.39 Å². The molecule has 2 aliphatic rings. The van der Waals surface area contributed by atoms with Gasteiger partial charge < -0.3 is 54.7 Å². The Labute approximate surface area is 148 Å². The van der Waals surface area contributed by atoms with Crippen molar-refractivity contribution in [3.63, 3.8) is 0 Å². The van der Waals surface area contributed by atoms with Gasteiger partial charge in [0.25, 0.3) is 0 Å². The fraction of sp³-hybridized carbons (Fsp3) is 1.00. The first kappa shape index (κ1) is 21.8. The number of hydrogen-bond acceptors (Lipinski definition) is 11. The van der Waals surface area contributed by atoms with Crippen molar-refractivity contribution in [2.24, 2.45) is 0 Å². The molecule has 0 spiro atoms. The van der Waals surface area contributed by atoms with E-state index in [2.05, 4.69) is 0 Å². The Hall–Kier alpha value is -0.510. The van der Waals surface area contributed by atoms with Crippen LogP contribution in [0, 0.1) is 0 Å². The van der Waals surface area contributed by atoms with Crippen LogP contribution in [0.4, 0.5) is 4.39 Å². The standard InChI is InChI=1S/C14H25FO11/c15-1-2-23-14-12(10(21)8(19)6(4-17)25-14)26-13-11(22)9(20)7(18)5(3-16)24-13/h5-14,16-22H,1-4H2. The molecule has 2 rings (SSSR count). The number of ether oxygens (including phenoxy) is 4. The molecule has 0 saturated carbocycles. The summed E-state index contributed by atoms with van der Waals surface area (Å²) in [6, 6.07) is 0. The molecule has 2 fully saturated rings. The summed E-state index contributed by atoms with van der Waals surface area (Å²) in [5.41, 5.74) is 0. The number of aliphatic hydroxyl groups is 7.